The molecular weight excluding hydrogens is 368 g/mol. The molecule has 1 aromatic carbocycles. The van der Waals surface area contributed by atoms with Gasteiger partial charge in [-0.3, -0.25) is 9.59 Å². The van der Waals surface area contributed by atoms with Crippen molar-refractivity contribution < 1.29 is 14.0 Å². The Kier molecular flexibility index (Phi) is 4.30. The fourth-order valence-corrected chi connectivity index (χ4v) is 4.20. The minimum Gasteiger partial charge on any atom is -0.451 e. The molecule has 0 unspecified atom stereocenters. The number of amides is 2. The van der Waals surface area contributed by atoms with Crippen LogP contribution in [-0.2, 0) is 17.8 Å². The second kappa shape index (κ2) is 6.99. The zero-order chi connectivity index (χ0) is 20.0. The highest BCUT2D eigenvalue weighted by atomic mass is 16.3. The zero-order valence-electron chi connectivity index (χ0n) is 16.3. The van der Waals surface area contributed by atoms with Crippen molar-refractivity contribution in [2.75, 3.05) is 19.6 Å². The van der Waals surface area contributed by atoms with Crippen LogP contribution in [0, 0.1) is 0 Å². The maximum absolute atomic E-state index is 12.9. The third kappa shape index (κ3) is 3.26. The Bertz CT molecular complexity index is 1070. The minimum atomic E-state index is -0.0845. The molecule has 29 heavy (non-hydrogen) atoms. The number of rotatable bonds is 2. The standard InChI is InChI=1S/C22H22N4O3/c1-14(27)25-9-7-18-17(13-25)11-23-21(24-18)16-6-8-26(12-16)22(28)20-10-15-4-2-3-5-19(15)29-20/h2-5,10-11,16H,6-9,12-13H2,1H3/t16-/m0/s1. The average molecular weight is 390 g/mol. The van der Waals surface area contributed by atoms with Crippen LogP contribution in [0.3, 0.4) is 0 Å². The van der Waals surface area contributed by atoms with Gasteiger partial charge in [0.25, 0.3) is 5.91 Å². The normalized spacial score (nSPS) is 18.9. The van der Waals surface area contributed by atoms with Crippen LogP contribution < -0.4 is 0 Å². The van der Waals surface area contributed by atoms with Gasteiger partial charge in [0.1, 0.15) is 11.4 Å². The first kappa shape index (κ1) is 17.8. The molecule has 1 fully saturated rings. The first-order valence-electron chi connectivity index (χ1n) is 9.96. The number of carbonyl (C=O) groups excluding carboxylic acids is 2. The fraction of sp³-hybridized carbons (Fsp3) is 0.364. The van der Waals surface area contributed by atoms with Gasteiger partial charge in [-0.25, -0.2) is 9.97 Å². The summed E-state index contributed by atoms with van der Waals surface area (Å²) in [6.07, 6.45) is 3.43. The molecule has 0 spiro atoms. The Morgan fingerprint density at radius 2 is 2.03 bits per heavy atom. The summed E-state index contributed by atoms with van der Waals surface area (Å²) in [6.45, 7) is 4.12. The van der Waals surface area contributed by atoms with Gasteiger partial charge in [-0.15, -0.1) is 0 Å². The Labute approximate surface area is 168 Å². The number of hydrogen-bond donors (Lipinski definition) is 0. The molecule has 4 heterocycles. The number of likely N-dealkylation sites (tertiary alicyclic amines) is 1. The van der Waals surface area contributed by atoms with Gasteiger partial charge in [0.15, 0.2) is 5.76 Å². The lowest BCUT2D eigenvalue weighted by Crippen LogP contribution is -2.35. The van der Waals surface area contributed by atoms with E-state index in [2.05, 4.69) is 4.98 Å². The van der Waals surface area contributed by atoms with Gasteiger partial charge in [0, 0.05) is 62.6 Å². The van der Waals surface area contributed by atoms with Gasteiger partial charge < -0.3 is 14.2 Å². The van der Waals surface area contributed by atoms with Crippen LogP contribution in [0.5, 0.6) is 0 Å². The summed E-state index contributed by atoms with van der Waals surface area (Å²) in [4.78, 5) is 37.5. The van der Waals surface area contributed by atoms with Crippen molar-refractivity contribution in [2.24, 2.45) is 0 Å². The molecule has 0 saturated carbocycles. The monoisotopic (exact) mass is 390 g/mol. The fourth-order valence-electron chi connectivity index (χ4n) is 4.20. The summed E-state index contributed by atoms with van der Waals surface area (Å²) in [7, 11) is 0. The third-order valence-electron chi connectivity index (χ3n) is 5.87. The van der Waals surface area contributed by atoms with Crippen LogP contribution in [0.15, 0.2) is 40.9 Å². The molecule has 0 N–H and O–H groups in total. The van der Waals surface area contributed by atoms with Gasteiger partial charge in [0.05, 0.1) is 5.69 Å². The molecule has 2 aliphatic rings. The number of carbonyl (C=O) groups is 2. The van der Waals surface area contributed by atoms with Gasteiger partial charge in [-0.1, -0.05) is 18.2 Å². The lowest BCUT2D eigenvalue weighted by Gasteiger charge is -2.27. The summed E-state index contributed by atoms with van der Waals surface area (Å²) in [5.41, 5.74) is 2.77. The molecule has 3 aromatic rings. The van der Waals surface area contributed by atoms with Crippen LogP contribution in [0.25, 0.3) is 11.0 Å². The van der Waals surface area contributed by atoms with Crippen LogP contribution in [0.4, 0.5) is 0 Å². The van der Waals surface area contributed by atoms with Crippen LogP contribution in [0.2, 0.25) is 0 Å². The number of fused-ring (bicyclic) bond motifs is 2. The molecule has 2 aliphatic heterocycles. The van der Waals surface area contributed by atoms with E-state index in [0.29, 0.717) is 31.9 Å². The number of hydrogen-bond acceptors (Lipinski definition) is 5. The maximum Gasteiger partial charge on any atom is 0.289 e. The molecule has 2 amide bonds. The van der Waals surface area contributed by atoms with Gasteiger partial charge in [-0.05, 0) is 18.6 Å². The Hall–Kier alpha value is -3.22. The van der Waals surface area contributed by atoms with Gasteiger partial charge in [0.2, 0.25) is 5.91 Å². The highest BCUT2D eigenvalue weighted by Gasteiger charge is 2.32. The highest BCUT2D eigenvalue weighted by Crippen LogP contribution is 2.29. The molecule has 7 nitrogen and oxygen atoms in total. The summed E-state index contributed by atoms with van der Waals surface area (Å²) in [5.74, 6) is 1.29. The second-order valence-corrected chi connectivity index (χ2v) is 7.78. The van der Waals surface area contributed by atoms with Crippen molar-refractivity contribution in [1.29, 1.82) is 0 Å². The van der Waals surface area contributed by atoms with E-state index in [1.54, 1.807) is 13.0 Å². The van der Waals surface area contributed by atoms with E-state index in [0.717, 1.165) is 40.9 Å². The number of benzene rings is 1. The topological polar surface area (TPSA) is 79.5 Å². The molecule has 0 bridgehead atoms. The molecule has 5 rings (SSSR count). The predicted molar refractivity (Wildman–Crippen MR) is 106 cm³/mol. The molecule has 1 saturated heterocycles. The summed E-state index contributed by atoms with van der Waals surface area (Å²) in [5, 5.41) is 0.934. The van der Waals surface area contributed by atoms with Crippen molar-refractivity contribution in [3.05, 3.63) is 59.4 Å². The van der Waals surface area contributed by atoms with Gasteiger partial charge in [-0.2, -0.15) is 0 Å². The molecule has 2 aromatic heterocycles. The molecule has 7 heteroatoms. The smallest absolute Gasteiger partial charge is 0.289 e. The van der Waals surface area contributed by atoms with E-state index in [1.807, 2.05) is 40.3 Å². The second-order valence-electron chi connectivity index (χ2n) is 7.78. The average Bonchev–Trinajstić information content (AvgIpc) is 3.39. The van der Waals surface area contributed by atoms with Crippen LogP contribution >= 0.6 is 0 Å². The van der Waals surface area contributed by atoms with Crippen molar-refractivity contribution in [3.63, 3.8) is 0 Å². The molecule has 1 atom stereocenters. The number of para-hydroxylation sites is 1. The third-order valence-corrected chi connectivity index (χ3v) is 5.87. The summed E-state index contributed by atoms with van der Waals surface area (Å²) in [6, 6.07) is 9.45. The summed E-state index contributed by atoms with van der Waals surface area (Å²) >= 11 is 0. The molecule has 0 aliphatic carbocycles. The van der Waals surface area contributed by atoms with E-state index in [9.17, 15) is 9.59 Å². The largest absolute Gasteiger partial charge is 0.451 e. The number of aromatic nitrogens is 2. The number of nitrogens with zero attached hydrogens (tertiary/aromatic N) is 4. The zero-order valence-corrected chi connectivity index (χ0v) is 16.3. The maximum atomic E-state index is 12.9. The van der Waals surface area contributed by atoms with E-state index in [4.69, 9.17) is 9.40 Å². The van der Waals surface area contributed by atoms with E-state index in [1.165, 1.54) is 0 Å². The predicted octanol–water partition coefficient (Wildman–Crippen LogP) is 2.76. The van der Waals surface area contributed by atoms with Gasteiger partial charge >= 0.3 is 0 Å². The Morgan fingerprint density at radius 3 is 2.86 bits per heavy atom. The van der Waals surface area contributed by atoms with Crippen LogP contribution in [0.1, 0.15) is 46.9 Å². The lowest BCUT2D eigenvalue weighted by atomic mass is 10.0. The van der Waals surface area contributed by atoms with E-state index >= 15 is 0 Å². The molecule has 148 valence electrons. The lowest BCUT2D eigenvalue weighted by molar-refractivity contribution is -0.129. The van der Waals surface area contributed by atoms with E-state index in [-0.39, 0.29) is 17.7 Å². The van der Waals surface area contributed by atoms with Crippen molar-refractivity contribution in [3.8, 4) is 0 Å². The Balaban J connectivity index is 1.30. The van der Waals surface area contributed by atoms with Crippen molar-refractivity contribution in [2.45, 2.75) is 32.2 Å². The van der Waals surface area contributed by atoms with Crippen molar-refractivity contribution >= 4 is 22.8 Å². The van der Waals surface area contributed by atoms with Crippen LogP contribution in [-0.4, -0.2) is 51.2 Å². The molecular formula is C22H22N4O3. The first-order chi connectivity index (χ1) is 14.1. The first-order valence-corrected chi connectivity index (χ1v) is 9.96. The highest BCUT2D eigenvalue weighted by molar-refractivity contribution is 5.96. The minimum absolute atomic E-state index is 0.0789. The summed E-state index contributed by atoms with van der Waals surface area (Å²) < 4.78 is 5.73. The molecule has 0 radical (unpaired) electrons. The number of furan rings is 1. The Morgan fingerprint density at radius 1 is 1.17 bits per heavy atom. The SMILES string of the molecule is CC(=O)N1CCc2nc([C@H]3CCN(C(=O)c4cc5ccccc5o4)C3)ncc2C1. The van der Waals surface area contributed by atoms with Crippen molar-refractivity contribution in [1.82, 2.24) is 19.8 Å². The quantitative estimate of drug-likeness (QED) is 0.672. The van der Waals surface area contributed by atoms with E-state index < -0.39 is 0 Å².